The molecule has 0 N–H and O–H groups in total. The van der Waals surface area contributed by atoms with Gasteiger partial charge in [0.15, 0.2) is 11.5 Å². The van der Waals surface area contributed by atoms with E-state index < -0.39 is 0 Å². The van der Waals surface area contributed by atoms with E-state index in [-0.39, 0.29) is 0 Å². The molecule has 0 saturated carbocycles. The molecule has 0 fully saturated rings. The molecule has 0 unspecified atom stereocenters. The third-order valence-electron chi connectivity index (χ3n) is 4.10. The lowest BCUT2D eigenvalue weighted by molar-refractivity contribution is 0.297. The first kappa shape index (κ1) is 14.5. The van der Waals surface area contributed by atoms with Crippen LogP contribution in [0.2, 0.25) is 0 Å². The summed E-state index contributed by atoms with van der Waals surface area (Å²) in [6.07, 6.45) is 0.904. The van der Waals surface area contributed by atoms with Crippen molar-refractivity contribution in [3.05, 3.63) is 52.5 Å². The molecule has 0 atom stereocenters. The second-order valence-electron chi connectivity index (χ2n) is 5.63. The standard InChI is InChI=1S/C19H16BrNO2/c1-12-14-5-2-3-6-15(14)21-19(18(12)20)13-7-8-16-17(11-13)23-10-4-9-22-16/h2-3,5-8,11H,4,9-10H2,1H3. The van der Waals surface area contributed by atoms with Gasteiger partial charge < -0.3 is 9.47 Å². The number of para-hydroxylation sites is 1. The Hall–Kier alpha value is -2.07. The van der Waals surface area contributed by atoms with Gasteiger partial charge in [0.1, 0.15) is 0 Å². The topological polar surface area (TPSA) is 31.4 Å². The monoisotopic (exact) mass is 369 g/mol. The number of aryl methyl sites for hydroxylation is 1. The summed E-state index contributed by atoms with van der Waals surface area (Å²) in [5, 5.41) is 1.16. The zero-order valence-electron chi connectivity index (χ0n) is 12.8. The van der Waals surface area contributed by atoms with Gasteiger partial charge in [-0.25, -0.2) is 4.98 Å². The second kappa shape index (κ2) is 5.85. The molecule has 4 rings (SSSR count). The average Bonchev–Trinajstić information content (AvgIpc) is 2.83. The molecule has 23 heavy (non-hydrogen) atoms. The number of ether oxygens (including phenoxy) is 2. The Bertz CT molecular complexity index is 892. The van der Waals surface area contributed by atoms with Gasteiger partial charge in [-0.2, -0.15) is 0 Å². The minimum atomic E-state index is 0.682. The first-order valence-electron chi connectivity index (χ1n) is 7.69. The lowest BCUT2D eigenvalue weighted by Crippen LogP contribution is -1.97. The van der Waals surface area contributed by atoms with Crippen molar-refractivity contribution in [2.75, 3.05) is 13.2 Å². The van der Waals surface area contributed by atoms with Crippen molar-refractivity contribution >= 4 is 26.8 Å². The Balaban J connectivity index is 1.89. The van der Waals surface area contributed by atoms with Crippen LogP contribution in [-0.4, -0.2) is 18.2 Å². The van der Waals surface area contributed by atoms with Gasteiger partial charge in [0, 0.05) is 21.8 Å². The summed E-state index contributed by atoms with van der Waals surface area (Å²) >= 11 is 3.71. The van der Waals surface area contributed by atoms with Crippen LogP contribution in [0.1, 0.15) is 12.0 Å². The first-order chi connectivity index (χ1) is 11.2. The van der Waals surface area contributed by atoms with Crippen LogP contribution in [0.5, 0.6) is 11.5 Å². The number of rotatable bonds is 1. The fraction of sp³-hybridized carbons (Fsp3) is 0.211. The zero-order valence-corrected chi connectivity index (χ0v) is 14.4. The van der Waals surface area contributed by atoms with Crippen LogP contribution in [-0.2, 0) is 0 Å². The summed E-state index contributed by atoms with van der Waals surface area (Å²) in [4.78, 5) is 4.83. The Kier molecular flexibility index (Phi) is 3.69. The number of nitrogens with zero attached hydrogens (tertiary/aromatic N) is 1. The largest absolute Gasteiger partial charge is 0.490 e. The van der Waals surface area contributed by atoms with Crippen molar-refractivity contribution in [3.8, 4) is 22.8 Å². The number of hydrogen-bond donors (Lipinski definition) is 0. The van der Waals surface area contributed by atoms with E-state index in [1.54, 1.807) is 0 Å². The molecule has 3 nitrogen and oxygen atoms in total. The predicted molar refractivity (Wildman–Crippen MR) is 95.2 cm³/mol. The van der Waals surface area contributed by atoms with E-state index in [0.717, 1.165) is 44.6 Å². The minimum Gasteiger partial charge on any atom is -0.490 e. The molecule has 1 aromatic heterocycles. The van der Waals surface area contributed by atoms with Crippen LogP contribution in [0.4, 0.5) is 0 Å². The number of benzene rings is 2. The number of aromatic nitrogens is 1. The molecule has 3 aromatic rings. The molecule has 4 heteroatoms. The first-order valence-corrected chi connectivity index (χ1v) is 8.48. The Morgan fingerprint density at radius 1 is 1.00 bits per heavy atom. The van der Waals surface area contributed by atoms with Gasteiger partial charge in [-0.15, -0.1) is 0 Å². The van der Waals surface area contributed by atoms with Crippen molar-refractivity contribution in [3.63, 3.8) is 0 Å². The Morgan fingerprint density at radius 2 is 1.78 bits per heavy atom. The third-order valence-corrected chi connectivity index (χ3v) is 5.07. The summed E-state index contributed by atoms with van der Waals surface area (Å²) in [6.45, 7) is 3.49. The quantitative estimate of drug-likeness (QED) is 0.595. The molecule has 0 spiro atoms. The Labute approximate surface area is 143 Å². The molecular weight excluding hydrogens is 354 g/mol. The highest BCUT2D eigenvalue weighted by atomic mass is 79.9. The summed E-state index contributed by atoms with van der Waals surface area (Å²) in [6, 6.07) is 14.2. The lowest BCUT2D eigenvalue weighted by Gasteiger charge is -2.13. The van der Waals surface area contributed by atoms with Crippen LogP contribution >= 0.6 is 15.9 Å². The second-order valence-corrected chi connectivity index (χ2v) is 6.42. The number of halogens is 1. The number of hydrogen-bond acceptors (Lipinski definition) is 3. The highest BCUT2D eigenvalue weighted by Gasteiger charge is 2.15. The smallest absolute Gasteiger partial charge is 0.161 e. The fourth-order valence-electron chi connectivity index (χ4n) is 2.86. The number of pyridine rings is 1. The van der Waals surface area contributed by atoms with E-state index >= 15 is 0 Å². The summed E-state index contributed by atoms with van der Waals surface area (Å²) in [5.74, 6) is 1.60. The predicted octanol–water partition coefficient (Wildman–Crippen LogP) is 5.13. The van der Waals surface area contributed by atoms with Gasteiger partial charge >= 0.3 is 0 Å². The van der Waals surface area contributed by atoms with Crippen LogP contribution in [0.25, 0.3) is 22.2 Å². The van der Waals surface area contributed by atoms with E-state index in [1.165, 1.54) is 5.56 Å². The lowest BCUT2D eigenvalue weighted by atomic mass is 10.0. The van der Waals surface area contributed by atoms with Gasteiger partial charge in [-0.3, -0.25) is 0 Å². The van der Waals surface area contributed by atoms with Crippen molar-refractivity contribution in [1.29, 1.82) is 0 Å². The minimum absolute atomic E-state index is 0.682. The third kappa shape index (κ3) is 2.57. The van der Waals surface area contributed by atoms with Crippen molar-refractivity contribution < 1.29 is 9.47 Å². The van der Waals surface area contributed by atoms with Crippen LogP contribution in [0.15, 0.2) is 46.9 Å². The highest BCUT2D eigenvalue weighted by Crippen LogP contribution is 2.38. The maximum atomic E-state index is 5.80. The van der Waals surface area contributed by atoms with Crippen molar-refractivity contribution in [2.45, 2.75) is 13.3 Å². The number of fused-ring (bicyclic) bond motifs is 2. The van der Waals surface area contributed by atoms with Crippen LogP contribution in [0, 0.1) is 6.92 Å². The molecule has 1 aliphatic rings. The zero-order chi connectivity index (χ0) is 15.8. The molecule has 1 aliphatic heterocycles. The van der Waals surface area contributed by atoms with E-state index in [1.807, 2.05) is 36.4 Å². The van der Waals surface area contributed by atoms with Gasteiger partial charge in [0.25, 0.3) is 0 Å². The Morgan fingerprint density at radius 3 is 2.65 bits per heavy atom. The van der Waals surface area contributed by atoms with E-state index in [2.05, 4.69) is 28.9 Å². The molecule has 116 valence electrons. The molecule has 0 bridgehead atoms. The highest BCUT2D eigenvalue weighted by molar-refractivity contribution is 9.10. The summed E-state index contributed by atoms with van der Waals surface area (Å²) in [5.41, 5.74) is 4.14. The fourth-order valence-corrected chi connectivity index (χ4v) is 3.39. The van der Waals surface area contributed by atoms with Gasteiger partial charge in [-0.1, -0.05) is 18.2 Å². The average molecular weight is 370 g/mol. The van der Waals surface area contributed by atoms with Gasteiger partial charge in [0.05, 0.1) is 24.4 Å². The van der Waals surface area contributed by atoms with Crippen molar-refractivity contribution in [1.82, 2.24) is 4.98 Å². The molecule has 0 amide bonds. The molecule has 2 heterocycles. The van der Waals surface area contributed by atoms with Gasteiger partial charge in [-0.05, 0) is 52.7 Å². The van der Waals surface area contributed by atoms with Gasteiger partial charge in [0.2, 0.25) is 0 Å². The summed E-state index contributed by atoms with van der Waals surface area (Å²) in [7, 11) is 0. The molecule has 0 saturated heterocycles. The molecular formula is C19H16BrNO2. The van der Waals surface area contributed by atoms with Crippen LogP contribution < -0.4 is 9.47 Å². The van der Waals surface area contributed by atoms with E-state index in [0.29, 0.717) is 13.2 Å². The van der Waals surface area contributed by atoms with E-state index in [4.69, 9.17) is 14.5 Å². The molecule has 2 aromatic carbocycles. The normalized spacial score (nSPS) is 13.8. The SMILES string of the molecule is Cc1c(Br)c(-c2ccc3c(c2)OCCCO3)nc2ccccc12. The summed E-state index contributed by atoms with van der Waals surface area (Å²) < 4.78 is 12.5. The van der Waals surface area contributed by atoms with E-state index in [9.17, 15) is 0 Å². The maximum Gasteiger partial charge on any atom is 0.161 e. The molecule has 0 aliphatic carbocycles. The van der Waals surface area contributed by atoms with Crippen LogP contribution in [0.3, 0.4) is 0 Å². The maximum absolute atomic E-state index is 5.80. The molecule has 0 radical (unpaired) electrons. The van der Waals surface area contributed by atoms with Crippen molar-refractivity contribution in [2.24, 2.45) is 0 Å².